The number of alkyl halides is 3. The lowest BCUT2D eigenvalue weighted by atomic mass is 9.94. The Morgan fingerprint density at radius 1 is 0.808 bits per heavy atom. The maximum absolute atomic E-state index is 12.9. The topological polar surface area (TPSA) is 37.4 Å². The van der Waals surface area contributed by atoms with Crippen LogP contribution in [-0.4, -0.2) is 16.7 Å². The molecular formula is C20H12F3NO2. The van der Waals surface area contributed by atoms with Crippen LogP contribution >= 0.6 is 0 Å². The minimum absolute atomic E-state index is 0.216. The van der Waals surface area contributed by atoms with E-state index in [4.69, 9.17) is 0 Å². The van der Waals surface area contributed by atoms with Crippen LogP contribution in [0.4, 0.5) is 13.2 Å². The summed E-state index contributed by atoms with van der Waals surface area (Å²) >= 11 is 0. The smallest absolute Gasteiger partial charge is 0.270 e. The van der Waals surface area contributed by atoms with Gasteiger partial charge in [-0.2, -0.15) is 13.2 Å². The van der Waals surface area contributed by atoms with Crippen LogP contribution in [-0.2, 0) is 12.7 Å². The monoisotopic (exact) mass is 355 g/mol. The molecule has 0 saturated carbocycles. The second-order valence-electron chi connectivity index (χ2n) is 6.10. The van der Waals surface area contributed by atoms with Crippen molar-refractivity contribution in [3.63, 3.8) is 0 Å². The zero-order chi connectivity index (χ0) is 18.5. The van der Waals surface area contributed by atoms with Crippen molar-refractivity contribution >= 4 is 22.6 Å². The maximum Gasteiger partial charge on any atom is 0.416 e. The van der Waals surface area contributed by atoms with Gasteiger partial charge in [0, 0.05) is 16.5 Å². The largest absolute Gasteiger partial charge is 0.416 e. The standard InChI is InChI=1S/C20H12F3NO2/c21-20(22,23)14-7-1-4-12(10-14)11-24-18(25)15-8-2-5-13-6-3-9-16(17(13)15)19(24)26/h1-10H,11H2. The third kappa shape index (κ3) is 2.54. The predicted octanol–water partition coefficient (Wildman–Crippen LogP) is 4.65. The molecule has 0 unspecified atom stereocenters. The quantitative estimate of drug-likeness (QED) is 0.627. The molecule has 1 aliphatic heterocycles. The highest BCUT2D eigenvalue weighted by Crippen LogP contribution is 2.32. The zero-order valence-electron chi connectivity index (χ0n) is 13.4. The molecule has 3 nitrogen and oxygen atoms in total. The Hall–Kier alpha value is -3.15. The van der Waals surface area contributed by atoms with E-state index in [-0.39, 0.29) is 12.1 Å². The lowest BCUT2D eigenvalue weighted by molar-refractivity contribution is -0.137. The molecule has 4 rings (SSSR count). The van der Waals surface area contributed by atoms with E-state index in [9.17, 15) is 22.8 Å². The van der Waals surface area contributed by atoms with Crippen LogP contribution < -0.4 is 0 Å². The van der Waals surface area contributed by atoms with E-state index in [1.165, 1.54) is 12.1 Å². The number of nitrogens with zero attached hydrogens (tertiary/aromatic N) is 1. The van der Waals surface area contributed by atoms with Gasteiger partial charge in [-0.1, -0.05) is 36.4 Å². The Bertz CT molecular complexity index is 1010. The van der Waals surface area contributed by atoms with Crippen LogP contribution in [0, 0.1) is 0 Å². The van der Waals surface area contributed by atoms with Gasteiger partial charge in [0.1, 0.15) is 0 Å². The fraction of sp³-hybridized carbons (Fsp3) is 0.100. The lowest BCUT2D eigenvalue weighted by Crippen LogP contribution is -2.39. The van der Waals surface area contributed by atoms with Crippen LogP contribution in [0.3, 0.4) is 0 Å². The molecule has 130 valence electrons. The van der Waals surface area contributed by atoms with Crippen molar-refractivity contribution < 1.29 is 22.8 Å². The van der Waals surface area contributed by atoms with Crippen molar-refractivity contribution in [2.75, 3.05) is 0 Å². The summed E-state index contributed by atoms with van der Waals surface area (Å²) < 4.78 is 38.7. The summed E-state index contributed by atoms with van der Waals surface area (Å²) in [6.07, 6.45) is -4.48. The summed E-state index contributed by atoms with van der Waals surface area (Å²) in [6.45, 7) is -0.216. The Kier molecular flexibility index (Phi) is 3.57. The second kappa shape index (κ2) is 5.69. The maximum atomic E-state index is 12.9. The van der Waals surface area contributed by atoms with Gasteiger partial charge in [0.25, 0.3) is 11.8 Å². The van der Waals surface area contributed by atoms with Crippen molar-refractivity contribution in [2.24, 2.45) is 0 Å². The first-order valence-corrected chi connectivity index (χ1v) is 7.90. The third-order valence-corrected chi connectivity index (χ3v) is 4.45. The average Bonchev–Trinajstić information content (AvgIpc) is 2.62. The Morgan fingerprint density at radius 3 is 1.96 bits per heavy atom. The molecule has 0 aromatic heterocycles. The lowest BCUT2D eigenvalue weighted by Gasteiger charge is -2.27. The van der Waals surface area contributed by atoms with Crippen LogP contribution in [0.5, 0.6) is 0 Å². The number of carbonyl (C=O) groups excluding carboxylic acids is 2. The minimum Gasteiger partial charge on any atom is -0.270 e. The molecule has 3 aromatic carbocycles. The van der Waals surface area contributed by atoms with Gasteiger partial charge < -0.3 is 0 Å². The molecular weight excluding hydrogens is 343 g/mol. The SMILES string of the molecule is O=C1c2cccc3cccc(c23)C(=O)N1Cc1cccc(C(F)(F)F)c1. The number of amides is 2. The summed E-state index contributed by atoms with van der Waals surface area (Å²) in [5, 5.41) is 1.37. The van der Waals surface area contributed by atoms with Crippen molar-refractivity contribution in [1.82, 2.24) is 4.90 Å². The van der Waals surface area contributed by atoms with Gasteiger partial charge in [-0.25, -0.2) is 0 Å². The van der Waals surface area contributed by atoms with Crippen molar-refractivity contribution in [3.05, 3.63) is 82.9 Å². The molecule has 26 heavy (non-hydrogen) atoms. The number of hydrogen-bond donors (Lipinski definition) is 0. The minimum atomic E-state index is -4.48. The fourth-order valence-electron chi connectivity index (χ4n) is 3.25. The summed E-state index contributed by atoms with van der Waals surface area (Å²) in [4.78, 5) is 26.6. The average molecular weight is 355 g/mol. The number of halogens is 3. The van der Waals surface area contributed by atoms with Gasteiger partial charge in [0.15, 0.2) is 0 Å². The Labute approximate surface area is 146 Å². The highest BCUT2D eigenvalue weighted by molar-refractivity contribution is 6.25. The van der Waals surface area contributed by atoms with Gasteiger partial charge in [0.05, 0.1) is 12.1 Å². The number of carbonyl (C=O) groups is 2. The molecule has 1 heterocycles. The predicted molar refractivity (Wildman–Crippen MR) is 89.6 cm³/mol. The number of rotatable bonds is 2. The van der Waals surface area contributed by atoms with Crippen LogP contribution in [0.15, 0.2) is 60.7 Å². The molecule has 0 spiro atoms. The molecule has 3 aromatic rings. The van der Waals surface area contributed by atoms with E-state index in [1.807, 2.05) is 12.1 Å². The summed E-state index contributed by atoms with van der Waals surface area (Å²) in [5.41, 5.74) is 0.192. The first kappa shape index (κ1) is 16.3. The van der Waals surface area contributed by atoms with Crippen LogP contribution in [0.2, 0.25) is 0 Å². The molecule has 0 fully saturated rings. The highest BCUT2D eigenvalue weighted by Gasteiger charge is 2.34. The Balaban J connectivity index is 1.76. The first-order chi connectivity index (χ1) is 12.4. The van der Waals surface area contributed by atoms with E-state index < -0.39 is 23.6 Å². The molecule has 6 heteroatoms. The van der Waals surface area contributed by atoms with Gasteiger partial charge in [-0.05, 0) is 35.2 Å². The third-order valence-electron chi connectivity index (χ3n) is 4.45. The normalized spacial score (nSPS) is 14.2. The molecule has 0 N–H and O–H groups in total. The molecule has 2 amide bonds. The number of hydrogen-bond acceptors (Lipinski definition) is 2. The molecule has 0 saturated heterocycles. The second-order valence-corrected chi connectivity index (χ2v) is 6.10. The summed E-state index contributed by atoms with van der Waals surface area (Å²) in [7, 11) is 0. The molecule has 0 radical (unpaired) electrons. The van der Waals surface area contributed by atoms with Gasteiger partial charge >= 0.3 is 6.18 Å². The van der Waals surface area contributed by atoms with E-state index in [2.05, 4.69) is 0 Å². The van der Waals surface area contributed by atoms with Crippen LogP contribution in [0.25, 0.3) is 10.8 Å². The highest BCUT2D eigenvalue weighted by atomic mass is 19.4. The first-order valence-electron chi connectivity index (χ1n) is 7.90. The molecule has 0 aliphatic carbocycles. The summed E-state index contributed by atoms with van der Waals surface area (Å²) in [5.74, 6) is -1.01. The van der Waals surface area contributed by atoms with Gasteiger partial charge in [-0.3, -0.25) is 14.5 Å². The molecule has 0 bridgehead atoms. The van der Waals surface area contributed by atoms with Gasteiger partial charge in [-0.15, -0.1) is 0 Å². The van der Waals surface area contributed by atoms with Crippen molar-refractivity contribution in [3.8, 4) is 0 Å². The van der Waals surface area contributed by atoms with Crippen molar-refractivity contribution in [2.45, 2.75) is 12.7 Å². The van der Waals surface area contributed by atoms with E-state index in [1.54, 1.807) is 24.3 Å². The van der Waals surface area contributed by atoms with Gasteiger partial charge in [0.2, 0.25) is 0 Å². The zero-order valence-corrected chi connectivity index (χ0v) is 13.4. The fourth-order valence-corrected chi connectivity index (χ4v) is 3.25. The Morgan fingerprint density at radius 2 is 1.38 bits per heavy atom. The van der Waals surface area contributed by atoms with E-state index in [0.717, 1.165) is 22.4 Å². The molecule has 1 aliphatic rings. The van der Waals surface area contributed by atoms with E-state index in [0.29, 0.717) is 16.5 Å². The molecule has 0 atom stereocenters. The van der Waals surface area contributed by atoms with E-state index >= 15 is 0 Å². The number of benzene rings is 3. The van der Waals surface area contributed by atoms with Crippen molar-refractivity contribution in [1.29, 1.82) is 0 Å². The van der Waals surface area contributed by atoms with Crippen LogP contribution in [0.1, 0.15) is 31.8 Å². The summed E-state index contributed by atoms with van der Waals surface area (Å²) in [6, 6.07) is 15.0. The number of imide groups is 1.